The Morgan fingerprint density at radius 1 is 1.07 bits per heavy atom. The van der Waals surface area contributed by atoms with Gasteiger partial charge in [-0.15, -0.1) is 0 Å². The van der Waals surface area contributed by atoms with Crippen molar-refractivity contribution in [2.24, 2.45) is 0 Å². The summed E-state index contributed by atoms with van der Waals surface area (Å²) in [5, 5.41) is -0.000789. The molecule has 0 saturated heterocycles. The Kier molecular flexibility index (Phi) is 4.68. The van der Waals surface area contributed by atoms with Crippen LogP contribution in [0.3, 0.4) is 0 Å². The largest absolute Gasteiger partial charge is 0.472 e. The van der Waals surface area contributed by atoms with Gasteiger partial charge in [0.2, 0.25) is 5.88 Å². The van der Waals surface area contributed by atoms with Crippen LogP contribution in [0.5, 0.6) is 5.88 Å². The fraction of sp³-hybridized carbons (Fsp3) is 0.150. The molecule has 1 unspecified atom stereocenters. The van der Waals surface area contributed by atoms with E-state index in [2.05, 4.69) is 9.97 Å². The Morgan fingerprint density at radius 2 is 1.75 bits per heavy atom. The molecule has 28 heavy (non-hydrogen) atoms. The number of benzene rings is 2. The lowest BCUT2D eigenvalue weighted by Gasteiger charge is -2.22. The summed E-state index contributed by atoms with van der Waals surface area (Å²) >= 11 is 6.09. The van der Waals surface area contributed by atoms with Gasteiger partial charge in [-0.2, -0.15) is 0 Å². The van der Waals surface area contributed by atoms with Gasteiger partial charge in [-0.3, -0.25) is 4.79 Å². The molecular formula is C20H14ClF2N3O2. The first-order valence-corrected chi connectivity index (χ1v) is 8.87. The molecule has 0 spiro atoms. The van der Waals surface area contributed by atoms with Gasteiger partial charge in [0.15, 0.2) is 0 Å². The average molecular weight is 402 g/mol. The molecule has 142 valence electrons. The molecule has 1 amide bonds. The summed E-state index contributed by atoms with van der Waals surface area (Å²) in [5.41, 5.74) is 0.869. The third-order valence-electron chi connectivity index (χ3n) is 4.41. The summed E-state index contributed by atoms with van der Waals surface area (Å²) in [5.74, 6) is -1.59. The van der Waals surface area contributed by atoms with Gasteiger partial charge in [0.25, 0.3) is 5.91 Å². The zero-order chi connectivity index (χ0) is 19.8. The van der Waals surface area contributed by atoms with E-state index in [9.17, 15) is 13.6 Å². The van der Waals surface area contributed by atoms with Crippen molar-refractivity contribution in [3.8, 4) is 17.0 Å². The van der Waals surface area contributed by atoms with E-state index in [1.807, 2.05) is 0 Å². The first-order valence-electron chi connectivity index (χ1n) is 8.49. The Balaban J connectivity index is 1.73. The molecule has 5 nitrogen and oxygen atoms in total. The lowest BCUT2D eigenvalue weighted by Crippen LogP contribution is -2.35. The maximum atomic E-state index is 14.0. The summed E-state index contributed by atoms with van der Waals surface area (Å²) in [7, 11) is 0. The number of carbonyl (C=O) groups is 1. The van der Waals surface area contributed by atoms with Crippen LogP contribution in [-0.4, -0.2) is 28.5 Å². The van der Waals surface area contributed by atoms with Crippen LogP contribution in [-0.2, 0) is 0 Å². The van der Waals surface area contributed by atoms with Gasteiger partial charge in [-0.25, -0.2) is 18.7 Å². The van der Waals surface area contributed by atoms with Gasteiger partial charge >= 0.3 is 0 Å². The van der Waals surface area contributed by atoms with Gasteiger partial charge in [0, 0.05) is 5.69 Å². The first-order chi connectivity index (χ1) is 13.5. The molecule has 8 heteroatoms. The Hall–Kier alpha value is -3.06. The minimum absolute atomic E-state index is 0.000789. The molecule has 0 radical (unpaired) electrons. The van der Waals surface area contributed by atoms with E-state index in [0.29, 0.717) is 11.3 Å². The van der Waals surface area contributed by atoms with Crippen LogP contribution < -0.4 is 9.64 Å². The number of rotatable bonds is 2. The third kappa shape index (κ3) is 3.18. The normalized spacial score (nSPS) is 16.4. The highest BCUT2D eigenvalue weighted by Crippen LogP contribution is 2.32. The smallest absolute Gasteiger partial charge is 0.267 e. The monoisotopic (exact) mass is 401 g/mol. The molecule has 1 aliphatic heterocycles. The Bertz CT molecular complexity index is 1040. The van der Waals surface area contributed by atoms with Crippen molar-refractivity contribution in [3.05, 3.63) is 71.1 Å². The molecule has 1 atom stereocenters. The average Bonchev–Trinajstić information content (AvgIpc) is 2.79. The predicted octanol–water partition coefficient (Wildman–Crippen LogP) is 4.50. The standard InChI is InChI=1S/C20H14ClF2N3O2/c1-11-9-26(20(27)17-18(21)24-10-25-19(17)28-11)13-7-5-12(6-8-13)16-14(22)3-2-4-15(16)23/h2-8,10-11H,9H2,1H3. The summed E-state index contributed by atoms with van der Waals surface area (Å²) in [4.78, 5) is 22.4. The van der Waals surface area contributed by atoms with E-state index in [1.54, 1.807) is 31.2 Å². The van der Waals surface area contributed by atoms with Crippen LogP contribution in [0.25, 0.3) is 11.1 Å². The van der Waals surface area contributed by atoms with Crippen molar-refractivity contribution in [1.82, 2.24) is 9.97 Å². The summed E-state index contributed by atoms with van der Waals surface area (Å²) in [6.07, 6.45) is 0.883. The lowest BCUT2D eigenvalue weighted by atomic mass is 10.0. The minimum Gasteiger partial charge on any atom is -0.472 e. The van der Waals surface area contributed by atoms with E-state index in [4.69, 9.17) is 16.3 Å². The topological polar surface area (TPSA) is 55.3 Å². The number of amides is 1. The molecule has 0 aliphatic carbocycles. The first kappa shape index (κ1) is 18.3. The molecule has 3 aromatic rings. The van der Waals surface area contributed by atoms with Crippen LogP contribution >= 0.6 is 11.6 Å². The van der Waals surface area contributed by atoms with Crippen molar-refractivity contribution in [1.29, 1.82) is 0 Å². The third-order valence-corrected chi connectivity index (χ3v) is 4.69. The number of anilines is 1. The van der Waals surface area contributed by atoms with Crippen LogP contribution in [0.4, 0.5) is 14.5 Å². The summed E-state index contributed by atoms with van der Waals surface area (Å²) < 4.78 is 33.7. The Morgan fingerprint density at radius 3 is 2.43 bits per heavy atom. The molecule has 0 N–H and O–H groups in total. The maximum Gasteiger partial charge on any atom is 0.267 e. The highest BCUT2D eigenvalue weighted by Gasteiger charge is 2.31. The van der Waals surface area contributed by atoms with Crippen LogP contribution in [0.2, 0.25) is 5.15 Å². The van der Waals surface area contributed by atoms with Crippen molar-refractivity contribution in [2.45, 2.75) is 13.0 Å². The fourth-order valence-electron chi connectivity index (χ4n) is 3.13. The van der Waals surface area contributed by atoms with Crippen molar-refractivity contribution in [3.63, 3.8) is 0 Å². The van der Waals surface area contributed by atoms with Crippen molar-refractivity contribution >= 4 is 23.2 Å². The van der Waals surface area contributed by atoms with Gasteiger partial charge < -0.3 is 9.64 Å². The van der Waals surface area contributed by atoms with Gasteiger partial charge in [-0.05, 0) is 36.8 Å². The number of carbonyl (C=O) groups excluding carboxylic acids is 1. The molecular weight excluding hydrogens is 388 g/mol. The number of hydrogen-bond donors (Lipinski definition) is 0. The minimum atomic E-state index is -0.654. The molecule has 1 aliphatic rings. The van der Waals surface area contributed by atoms with Crippen LogP contribution in [0.1, 0.15) is 17.3 Å². The quantitative estimate of drug-likeness (QED) is 0.593. The van der Waals surface area contributed by atoms with Crippen molar-refractivity contribution in [2.75, 3.05) is 11.4 Å². The highest BCUT2D eigenvalue weighted by atomic mass is 35.5. The molecule has 2 aromatic carbocycles. The molecule has 0 saturated carbocycles. The van der Waals surface area contributed by atoms with Crippen LogP contribution in [0, 0.1) is 11.6 Å². The predicted molar refractivity (Wildman–Crippen MR) is 101 cm³/mol. The second-order valence-corrected chi connectivity index (χ2v) is 6.69. The summed E-state index contributed by atoms with van der Waals surface area (Å²) in [6.45, 7) is 2.05. The Labute approximate surface area is 164 Å². The molecule has 1 aromatic heterocycles. The fourth-order valence-corrected chi connectivity index (χ4v) is 3.33. The summed E-state index contributed by atoms with van der Waals surface area (Å²) in [6, 6.07) is 10.1. The number of aromatic nitrogens is 2. The number of nitrogens with zero attached hydrogens (tertiary/aromatic N) is 3. The molecule has 2 heterocycles. The number of ether oxygens (including phenoxy) is 1. The van der Waals surface area contributed by atoms with Gasteiger partial charge in [-0.1, -0.05) is 29.8 Å². The van der Waals surface area contributed by atoms with E-state index >= 15 is 0 Å². The molecule has 4 rings (SSSR count). The lowest BCUT2D eigenvalue weighted by molar-refractivity contribution is 0.0987. The maximum absolute atomic E-state index is 14.0. The number of hydrogen-bond acceptors (Lipinski definition) is 4. The van der Waals surface area contributed by atoms with Gasteiger partial charge in [0.1, 0.15) is 34.8 Å². The zero-order valence-electron chi connectivity index (χ0n) is 14.7. The number of halogens is 3. The van der Waals surface area contributed by atoms with Crippen molar-refractivity contribution < 1.29 is 18.3 Å². The van der Waals surface area contributed by atoms with Crippen LogP contribution in [0.15, 0.2) is 48.8 Å². The zero-order valence-corrected chi connectivity index (χ0v) is 15.5. The molecule has 0 bridgehead atoms. The van der Waals surface area contributed by atoms with E-state index in [-0.39, 0.29) is 34.8 Å². The molecule has 0 fully saturated rings. The number of fused-ring (bicyclic) bond motifs is 1. The second kappa shape index (κ2) is 7.16. The van der Waals surface area contributed by atoms with E-state index in [0.717, 1.165) is 0 Å². The second-order valence-electron chi connectivity index (χ2n) is 6.33. The SMILES string of the molecule is CC1CN(c2ccc(-c3c(F)cccc3F)cc2)C(=O)c2c(Cl)ncnc2O1. The van der Waals surface area contributed by atoms with E-state index in [1.165, 1.54) is 29.4 Å². The highest BCUT2D eigenvalue weighted by molar-refractivity contribution is 6.33. The van der Waals surface area contributed by atoms with Gasteiger partial charge in [0.05, 0.1) is 12.1 Å². The van der Waals surface area contributed by atoms with E-state index < -0.39 is 17.5 Å².